The molecular weight excluding hydrogens is 276 g/mol. The van der Waals surface area contributed by atoms with Gasteiger partial charge in [-0.25, -0.2) is 13.1 Å². The fraction of sp³-hybridized carbons (Fsp3) is 0.571. The number of anilines is 1. The van der Waals surface area contributed by atoms with Crippen LogP contribution in [0.25, 0.3) is 0 Å². The summed E-state index contributed by atoms with van der Waals surface area (Å²) in [6, 6.07) is 3.57. The fourth-order valence-electron chi connectivity index (χ4n) is 1.80. The largest absolute Gasteiger partial charge is 0.397 e. The quantitative estimate of drug-likeness (QED) is 0.594. The van der Waals surface area contributed by atoms with Gasteiger partial charge in [-0.3, -0.25) is 0 Å². The van der Waals surface area contributed by atoms with Crippen molar-refractivity contribution in [3.05, 3.63) is 23.3 Å². The van der Waals surface area contributed by atoms with E-state index in [1.807, 2.05) is 19.9 Å². The number of sulfonamides is 1. The number of nitrogens with two attached hydrogens (primary N) is 1. The van der Waals surface area contributed by atoms with Crippen LogP contribution in [-0.4, -0.2) is 28.2 Å². The van der Waals surface area contributed by atoms with Gasteiger partial charge in [0.25, 0.3) is 0 Å². The first-order valence-corrected chi connectivity index (χ1v) is 8.17. The molecule has 6 heteroatoms. The second kappa shape index (κ2) is 7.06. The Labute approximate surface area is 121 Å². The third kappa shape index (κ3) is 4.47. The summed E-state index contributed by atoms with van der Waals surface area (Å²) in [6.07, 6.45) is 0. The van der Waals surface area contributed by atoms with Gasteiger partial charge in [-0.1, -0.05) is 26.0 Å². The normalized spacial score (nSPS) is 12.1. The lowest BCUT2D eigenvalue weighted by molar-refractivity contribution is 0.114. The van der Waals surface area contributed by atoms with Gasteiger partial charge in [-0.2, -0.15) is 0 Å². The molecule has 0 aromatic heterocycles. The number of nitrogen functional groups attached to an aromatic ring is 1. The van der Waals surface area contributed by atoms with Crippen molar-refractivity contribution >= 4 is 15.7 Å². The van der Waals surface area contributed by atoms with E-state index in [1.165, 1.54) is 0 Å². The molecule has 0 unspecified atom stereocenters. The molecule has 0 aliphatic heterocycles. The molecule has 1 rings (SSSR count). The van der Waals surface area contributed by atoms with Gasteiger partial charge in [0, 0.05) is 13.2 Å². The summed E-state index contributed by atoms with van der Waals surface area (Å²) >= 11 is 0. The SMILES string of the molecule is Cc1ccc(C)c(S(=O)(=O)NCCOCC(C)C)c1N. The Morgan fingerprint density at radius 3 is 2.45 bits per heavy atom. The van der Waals surface area contributed by atoms with Crippen molar-refractivity contribution in [3.8, 4) is 0 Å². The predicted molar refractivity (Wildman–Crippen MR) is 81.2 cm³/mol. The lowest BCUT2D eigenvalue weighted by atomic mass is 10.1. The molecule has 0 atom stereocenters. The summed E-state index contributed by atoms with van der Waals surface area (Å²) in [5, 5.41) is 0. The molecule has 0 saturated carbocycles. The number of benzene rings is 1. The fourth-order valence-corrected chi connectivity index (χ4v) is 3.24. The minimum absolute atomic E-state index is 0.168. The van der Waals surface area contributed by atoms with Gasteiger partial charge in [-0.15, -0.1) is 0 Å². The number of rotatable bonds is 7. The molecule has 1 aromatic carbocycles. The molecule has 0 bridgehead atoms. The summed E-state index contributed by atoms with van der Waals surface area (Å²) in [6.45, 7) is 8.82. The Morgan fingerprint density at radius 1 is 1.25 bits per heavy atom. The van der Waals surface area contributed by atoms with Crippen molar-refractivity contribution in [2.24, 2.45) is 5.92 Å². The molecule has 0 heterocycles. The highest BCUT2D eigenvalue weighted by molar-refractivity contribution is 7.89. The van der Waals surface area contributed by atoms with E-state index >= 15 is 0 Å². The maximum Gasteiger partial charge on any atom is 0.242 e. The summed E-state index contributed by atoms with van der Waals surface area (Å²) in [5.74, 6) is 0.432. The Bertz CT molecular complexity index is 554. The van der Waals surface area contributed by atoms with Crippen LogP contribution in [0, 0.1) is 19.8 Å². The van der Waals surface area contributed by atoms with Crippen LogP contribution in [0.3, 0.4) is 0 Å². The highest BCUT2D eigenvalue weighted by Gasteiger charge is 2.20. The van der Waals surface area contributed by atoms with Crippen LogP contribution in [0.1, 0.15) is 25.0 Å². The smallest absolute Gasteiger partial charge is 0.242 e. The zero-order valence-corrected chi connectivity index (χ0v) is 13.4. The molecule has 0 fully saturated rings. The number of aryl methyl sites for hydroxylation is 2. The Morgan fingerprint density at radius 2 is 1.85 bits per heavy atom. The number of hydrogen-bond donors (Lipinski definition) is 2. The van der Waals surface area contributed by atoms with Gasteiger partial charge in [0.05, 0.1) is 12.3 Å². The van der Waals surface area contributed by atoms with Crippen molar-refractivity contribution in [2.45, 2.75) is 32.6 Å². The lowest BCUT2D eigenvalue weighted by Crippen LogP contribution is -2.29. The summed E-state index contributed by atoms with van der Waals surface area (Å²) < 4.78 is 32.4. The zero-order valence-electron chi connectivity index (χ0n) is 12.6. The molecule has 0 saturated heterocycles. The van der Waals surface area contributed by atoms with Gasteiger partial charge >= 0.3 is 0 Å². The average molecular weight is 300 g/mol. The Kier molecular flexibility index (Phi) is 5.98. The zero-order chi connectivity index (χ0) is 15.3. The number of hydrogen-bond acceptors (Lipinski definition) is 4. The maximum absolute atomic E-state index is 12.3. The minimum atomic E-state index is -3.60. The van der Waals surface area contributed by atoms with Crippen LogP contribution in [0.2, 0.25) is 0 Å². The Balaban J connectivity index is 2.73. The first kappa shape index (κ1) is 16.9. The molecule has 5 nitrogen and oxygen atoms in total. The van der Waals surface area contributed by atoms with E-state index in [1.54, 1.807) is 19.9 Å². The molecule has 114 valence electrons. The van der Waals surface area contributed by atoms with Crippen LogP contribution >= 0.6 is 0 Å². The maximum atomic E-state index is 12.3. The average Bonchev–Trinajstić information content (AvgIpc) is 2.33. The Hall–Kier alpha value is -1.11. The minimum Gasteiger partial charge on any atom is -0.397 e. The third-order valence-corrected chi connectivity index (χ3v) is 4.53. The van der Waals surface area contributed by atoms with E-state index < -0.39 is 10.0 Å². The predicted octanol–water partition coefficient (Wildman–Crippen LogP) is 1.84. The molecule has 20 heavy (non-hydrogen) atoms. The van der Waals surface area contributed by atoms with Gasteiger partial charge in [0.15, 0.2) is 0 Å². The molecule has 3 N–H and O–H groups in total. The van der Waals surface area contributed by atoms with Crippen molar-refractivity contribution in [3.63, 3.8) is 0 Å². The van der Waals surface area contributed by atoms with E-state index in [0.29, 0.717) is 30.4 Å². The van der Waals surface area contributed by atoms with E-state index in [-0.39, 0.29) is 11.4 Å². The standard InChI is InChI=1S/C14H24N2O3S/c1-10(2)9-19-8-7-16-20(17,18)14-12(4)6-5-11(3)13(14)15/h5-6,10,16H,7-9,15H2,1-4H3. The molecule has 0 radical (unpaired) electrons. The van der Waals surface area contributed by atoms with Gasteiger partial charge < -0.3 is 10.5 Å². The summed E-state index contributed by atoms with van der Waals surface area (Å²) in [4.78, 5) is 0.168. The topological polar surface area (TPSA) is 81.4 Å². The second-order valence-corrected chi connectivity index (χ2v) is 7.01. The van der Waals surface area contributed by atoms with Crippen LogP contribution in [0.5, 0.6) is 0 Å². The first-order valence-electron chi connectivity index (χ1n) is 6.68. The monoisotopic (exact) mass is 300 g/mol. The molecule has 0 amide bonds. The highest BCUT2D eigenvalue weighted by Crippen LogP contribution is 2.25. The van der Waals surface area contributed by atoms with Crippen molar-refractivity contribution in [1.29, 1.82) is 0 Å². The van der Waals surface area contributed by atoms with E-state index in [9.17, 15) is 8.42 Å². The first-order chi connectivity index (χ1) is 9.25. The van der Waals surface area contributed by atoms with Crippen LogP contribution < -0.4 is 10.5 Å². The van der Waals surface area contributed by atoms with Gasteiger partial charge in [-0.05, 0) is 30.9 Å². The van der Waals surface area contributed by atoms with Gasteiger partial charge in [0.1, 0.15) is 4.90 Å². The van der Waals surface area contributed by atoms with Crippen molar-refractivity contribution < 1.29 is 13.2 Å². The molecule has 1 aromatic rings. The van der Waals surface area contributed by atoms with Crippen molar-refractivity contribution in [1.82, 2.24) is 4.72 Å². The van der Waals surface area contributed by atoms with Crippen LogP contribution in [-0.2, 0) is 14.8 Å². The molecule has 0 aliphatic carbocycles. The van der Waals surface area contributed by atoms with E-state index in [2.05, 4.69) is 4.72 Å². The molecular formula is C14H24N2O3S. The molecule has 0 aliphatic rings. The summed E-state index contributed by atoms with van der Waals surface area (Å²) in [7, 11) is -3.60. The van der Waals surface area contributed by atoms with Crippen LogP contribution in [0.15, 0.2) is 17.0 Å². The lowest BCUT2D eigenvalue weighted by Gasteiger charge is -2.14. The summed E-state index contributed by atoms with van der Waals surface area (Å²) in [5.41, 5.74) is 7.59. The third-order valence-electron chi connectivity index (χ3n) is 2.87. The molecule has 0 spiro atoms. The van der Waals surface area contributed by atoms with Gasteiger partial charge in [0.2, 0.25) is 10.0 Å². The van der Waals surface area contributed by atoms with Crippen LogP contribution in [0.4, 0.5) is 5.69 Å². The second-order valence-electron chi connectivity index (χ2n) is 5.31. The number of ether oxygens (including phenoxy) is 1. The number of nitrogens with one attached hydrogen (secondary N) is 1. The van der Waals surface area contributed by atoms with E-state index in [0.717, 1.165) is 5.56 Å². The van der Waals surface area contributed by atoms with Crippen molar-refractivity contribution in [2.75, 3.05) is 25.5 Å². The van der Waals surface area contributed by atoms with E-state index in [4.69, 9.17) is 10.5 Å². The highest BCUT2D eigenvalue weighted by atomic mass is 32.2.